The van der Waals surface area contributed by atoms with Gasteiger partial charge in [0.1, 0.15) is 10.1 Å². The fourth-order valence-corrected chi connectivity index (χ4v) is 5.37. The van der Waals surface area contributed by atoms with Crippen LogP contribution in [0.4, 0.5) is 0 Å². The molecule has 3 aromatic carbocycles. The number of nitrogens with zero attached hydrogens (tertiary/aromatic N) is 1. The summed E-state index contributed by atoms with van der Waals surface area (Å²) in [6, 6.07) is 23.9. The molecule has 0 aliphatic carbocycles. The molecule has 1 aliphatic rings. The Hall–Kier alpha value is -3.29. The van der Waals surface area contributed by atoms with Gasteiger partial charge >= 0.3 is 0 Å². The number of hydrogen-bond acceptors (Lipinski definition) is 6. The summed E-state index contributed by atoms with van der Waals surface area (Å²) in [7, 11) is 0. The van der Waals surface area contributed by atoms with E-state index in [0.717, 1.165) is 29.7 Å². The van der Waals surface area contributed by atoms with Crippen LogP contribution in [0.15, 0.2) is 77.7 Å². The molecule has 0 saturated carbocycles. The lowest BCUT2D eigenvalue weighted by molar-refractivity contribution is -0.122. The minimum Gasteiger partial charge on any atom is -0.493 e. The first-order chi connectivity index (χ1) is 19.0. The first-order valence-corrected chi connectivity index (χ1v) is 14.6. The molecule has 1 amide bonds. The number of thioether (sulfide) groups is 1. The summed E-state index contributed by atoms with van der Waals surface area (Å²) in [6.07, 6.45) is 3.72. The highest BCUT2D eigenvalue weighted by molar-refractivity contribution is 8.26. The van der Waals surface area contributed by atoms with Crippen molar-refractivity contribution in [2.24, 2.45) is 0 Å². The molecule has 0 aromatic heterocycles. The van der Waals surface area contributed by atoms with E-state index in [1.54, 1.807) is 4.90 Å². The predicted molar refractivity (Wildman–Crippen MR) is 164 cm³/mol. The molecule has 3 aromatic rings. The van der Waals surface area contributed by atoms with Crippen molar-refractivity contribution in [1.29, 1.82) is 0 Å². The second-order valence-corrected chi connectivity index (χ2v) is 11.0. The Bertz CT molecular complexity index is 1290. The van der Waals surface area contributed by atoms with Crippen LogP contribution in [0.25, 0.3) is 6.08 Å². The molecule has 0 N–H and O–H groups in total. The molecule has 0 spiro atoms. The van der Waals surface area contributed by atoms with E-state index in [4.69, 9.17) is 26.4 Å². The smallest absolute Gasteiger partial charge is 0.266 e. The molecule has 4 rings (SSSR count). The number of ether oxygens (including phenoxy) is 3. The van der Waals surface area contributed by atoms with Crippen molar-refractivity contribution in [3.05, 3.63) is 94.4 Å². The monoisotopic (exact) mass is 561 g/mol. The van der Waals surface area contributed by atoms with Crippen LogP contribution >= 0.6 is 24.0 Å². The average Bonchev–Trinajstić information content (AvgIpc) is 3.21. The van der Waals surface area contributed by atoms with Crippen LogP contribution in [0.2, 0.25) is 0 Å². The zero-order valence-electron chi connectivity index (χ0n) is 22.7. The summed E-state index contributed by atoms with van der Waals surface area (Å²) < 4.78 is 18.3. The van der Waals surface area contributed by atoms with Crippen molar-refractivity contribution in [3.63, 3.8) is 0 Å². The SMILES string of the molecule is CCOc1cc(/C=C2/SC(=S)N(Cc3ccccc3)C2=O)ccc1OCCCOc1ccc(C(C)CC)cc1. The van der Waals surface area contributed by atoms with E-state index >= 15 is 0 Å². The third kappa shape index (κ3) is 7.87. The number of carbonyl (C=O) groups is 1. The number of amides is 1. The topological polar surface area (TPSA) is 48.0 Å². The van der Waals surface area contributed by atoms with Crippen LogP contribution in [0, 0.1) is 0 Å². The van der Waals surface area contributed by atoms with Gasteiger partial charge < -0.3 is 14.2 Å². The van der Waals surface area contributed by atoms with Gasteiger partial charge in [-0.2, -0.15) is 0 Å². The molecule has 1 aliphatic heterocycles. The van der Waals surface area contributed by atoms with Gasteiger partial charge in [0.15, 0.2) is 11.5 Å². The Morgan fingerprint density at radius 1 is 0.923 bits per heavy atom. The third-order valence-electron chi connectivity index (χ3n) is 6.50. The highest BCUT2D eigenvalue weighted by atomic mass is 32.2. The first kappa shape index (κ1) is 28.7. The Kier molecular flexibility index (Phi) is 10.5. The summed E-state index contributed by atoms with van der Waals surface area (Å²) in [5.41, 5.74) is 3.23. The lowest BCUT2D eigenvalue weighted by atomic mass is 9.99. The second kappa shape index (κ2) is 14.2. The van der Waals surface area contributed by atoms with Gasteiger partial charge in [0.05, 0.1) is 31.3 Å². The summed E-state index contributed by atoms with van der Waals surface area (Å²) in [5.74, 6) is 2.66. The summed E-state index contributed by atoms with van der Waals surface area (Å²) in [4.78, 5) is 15.3. The van der Waals surface area contributed by atoms with E-state index in [-0.39, 0.29) is 5.91 Å². The number of rotatable bonds is 13. The van der Waals surface area contributed by atoms with E-state index in [1.165, 1.54) is 17.3 Å². The quantitative estimate of drug-likeness (QED) is 0.120. The molecule has 7 heteroatoms. The largest absolute Gasteiger partial charge is 0.493 e. The highest BCUT2D eigenvalue weighted by Gasteiger charge is 2.32. The molecule has 1 unspecified atom stereocenters. The zero-order valence-corrected chi connectivity index (χ0v) is 24.4. The van der Waals surface area contributed by atoms with Crippen molar-refractivity contribution in [1.82, 2.24) is 4.90 Å². The molecular weight excluding hydrogens is 526 g/mol. The summed E-state index contributed by atoms with van der Waals surface area (Å²) in [6.45, 7) is 8.41. The van der Waals surface area contributed by atoms with Gasteiger partial charge in [0, 0.05) is 6.42 Å². The minimum absolute atomic E-state index is 0.0818. The molecular formula is C32H35NO4S2. The number of thiocarbonyl (C=S) groups is 1. The van der Waals surface area contributed by atoms with Crippen LogP contribution in [0.1, 0.15) is 56.2 Å². The average molecular weight is 562 g/mol. The van der Waals surface area contributed by atoms with Crippen molar-refractivity contribution in [2.45, 2.75) is 46.1 Å². The zero-order chi connectivity index (χ0) is 27.6. The van der Waals surface area contributed by atoms with Crippen molar-refractivity contribution in [2.75, 3.05) is 19.8 Å². The van der Waals surface area contributed by atoms with Crippen molar-refractivity contribution >= 4 is 40.3 Å². The third-order valence-corrected chi connectivity index (χ3v) is 7.88. The fraction of sp³-hybridized carbons (Fsp3) is 0.312. The predicted octanol–water partition coefficient (Wildman–Crippen LogP) is 7.85. The maximum absolute atomic E-state index is 13.0. The normalized spacial score (nSPS) is 15.1. The van der Waals surface area contributed by atoms with Crippen molar-refractivity contribution < 1.29 is 19.0 Å². The summed E-state index contributed by atoms with van der Waals surface area (Å²) in [5, 5.41) is 0. The van der Waals surface area contributed by atoms with E-state index < -0.39 is 0 Å². The Morgan fingerprint density at radius 3 is 2.38 bits per heavy atom. The lowest BCUT2D eigenvalue weighted by Crippen LogP contribution is -2.27. The van der Waals surface area contributed by atoms with E-state index in [2.05, 4.69) is 26.0 Å². The lowest BCUT2D eigenvalue weighted by Gasteiger charge is -2.14. The van der Waals surface area contributed by atoms with Gasteiger partial charge in [-0.15, -0.1) is 0 Å². The molecule has 1 saturated heterocycles. The van der Waals surface area contributed by atoms with Gasteiger partial charge in [-0.1, -0.05) is 86.4 Å². The maximum Gasteiger partial charge on any atom is 0.266 e. The molecule has 5 nitrogen and oxygen atoms in total. The number of hydrogen-bond donors (Lipinski definition) is 0. The van der Waals surface area contributed by atoms with Crippen LogP contribution in [-0.4, -0.2) is 34.9 Å². The van der Waals surface area contributed by atoms with Crippen LogP contribution in [0.3, 0.4) is 0 Å². The number of benzene rings is 3. The fourth-order valence-electron chi connectivity index (χ4n) is 4.12. The van der Waals surface area contributed by atoms with E-state index in [0.29, 0.717) is 53.0 Å². The molecule has 1 fully saturated rings. The highest BCUT2D eigenvalue weighted by Crippen LogP contribution is 2.35. The maximum atomic E-state index is 13.0. The molecule has 1 heterocycles. The van der Waals surface area contributed by atoms with Crippen LogP contribution in [-0.2, 0) is 11.3 Å². The van der Waals surface area contributed by atoms with Crippen molar-refractivity contribution in [3.8, 4) is 17.2 Å². The Labute approximate surface area is 241 Å². The molecule has 39 heavy (non-hydrogen) atoms. The van der Waals surface area contributed by atoms with E-state index in [9.17, 15) is 4.79 Å². The van der Waals surface area contributed by atoms with Gasteiger partial charge in [-0.3, -0.25) is 9.69 Å². The molecule has 204 valence electrons. The van der Waals surface area contributed by atoms with Gasteiger partial charge in [-0.25, -0.2) is 0 Å². The molecule has 0 bridgehead atoms. The summed E-state index contributed by atoms with van der Waals surface area (Å²) >= 11 is 6.81. The van der Waals surface area contributed by atoms with Crippen LogP contribution < -0.4 is 14.2 Å². The second-order valence-electron chi connectivity index (χ2n) is 9.32. The van der Waals surface area contributed by atoms with Gasteiger partial charge in [0.25, 0.3) is 5.91 Å². The number of carbonyl (C=O) groups excluding carboxylic acids is 1. The first-order valence-electron chi connectivity index (χ1n) is 13.4. The Morgan fingerprint density at radius 2 is 1.67 bits per heavy atom. The molecule has 1 atom stereocenters. The minimum atomic E-state index is -0.0818. The van der Waals surface area contributed by atoms with E-state index in [1.807, 2.05) is 73.7 Å². The van der Waals surface area contributed by atoms with Crippen LogP contribution in [0.5, 0.6) is 17.2 Å². The van der Waals surface area contributed by atoms with Gasteiger partial charge in [-0.05, 0) is 66.3 Å². The molecule has 0 radical (unpaired) electrons. The standard InChI is InChI=1S/C32H35NO4S2/c1-4-23(3)26-13-15-27(16-14-26)36-18-9-19-37-28-17-12-25(20-29(28)35-5-2)21-30-31(34)33(32(38)39-30)22-24-10-7-6-8-11-24/h6-8,10-17,20-21,23H,4-5,9,18-19,22H2,1-3H3/b30-21+. The van der Waals surface area contributed by atoms with Gasteiger partial charge in [0.2, 0.25) is 0 Å². The Balaban J connectivity index is 1.32.